The molecule has 6 heteroatoms. The van der Waals surface area contributed by atoms with Gasteiger partial charge in [0.1, 0.15) is 5.75 Å². The summed E-state index contributed by atoms with van der Waals surface area (Å²) in [4.78, 5) is 14.2. The molecule has 0 aromatic heterocycles. The number of nitrogens with two attached hydrogens (primary N) is 1. The van der Waals surface area contributed by atoms with Crippen LogP contribution < -0.4 is 10.5 Å². The first-order valence-electron chi connectivity index (χ1n) is 8.14. The van der Waals surface area contributed by atoms with Crippen LogP contribution in [0.4, 0.5) is 8.78 Å². The minimum Gasteiger partial charge on any atom is -0.435 e. The topological polar surface area (TPSA) is 55.6 Å². The SMILES string of the molecule is NCCN(CCc1ccccc1)C(=O)Cc1ccccc1OC(F)F. The second-order valence-electron chi connectivity index (χ2n) is 5.57. The zero-order valence-electron chi connectivity index (χ0n) is 13.9. The van der Waals surface area contributed by atoms with E-state index in [9.17, 15) is 13.6 Å². The van der Waals surface area contributed by atoms with Crippen molar-refractivity contribution in [3.63, 3.8) is 0 Å². The summed E-state index contributed by atoms with van der Waals surface area (Å²) in [6.45, 7) is -1.63. The number of para-hydroxylation sites is 1. The summed E-state index contributed by atoms with van der Waals surface area (Å²) in [5.74, 6) is -0.131. The van der Waals surface area contributed by atoms with Gasteiger partial charge in [-0.1, -0.05) is 48.5 Å². The maximum atomic E-state index is 12.6. The van der Waals surface area contributed by atoms with Gasteiger partial charge < -0.3 is 15.4 Å². The maximum absolute atomic E-state index is 12.6. The first kappa shape index (κ1) is 18.9. The molecule has 0 atom stereocenters. The minimum atomic E-state index is -2.92. The lowest BCUT2D eigenvalue weighted by Gasteiger charge is -2.23. The molecule has 134 valence electrons. The van der Waals surface area contributed by atoms with Crippen LogP contribution in [0.15, 0.2) is 54.6 Å². The molecule has 2 aromatic rings. The predicted molar refractivity (Wildman–Crippen MR) is 92.6 cm³/mol. The quantitative estimate of drug-likeness (QED) is 0.758. The van der Waals surface area contributed by atoms with Crippen molar-refractivity contribution >= 4 is 5.91 Å². The molecule has 0 unspecified atom stereocenters. The molecular weight excluding hydrogens is 326 g/mol. The molecule has 0 saturated heterocycles. The number of nitrogens with zero attached hydrogens (tertiary/aromatic N) is 1. The normalized spacial score (nSPS) is 10.7. The van der Waals surface area contributed by atoms with E-state index in [1.165, 1.54) is 6.07 Å². The molecule has 0 aliphatic carbocycles. The van der Waals surface area contributed by atoms with E-state index in [2.05, 4.69) is 4.74 Å². The minimum absolute atomic E-state index is 0.00230. The Morgan fingerprint density at radius 3 is 2.40 bits per heavy atom. The number of halogens is 2. The Bertz CT molecular complexity index is 665. The van der Waals surface area contributed by atoms with Gasteiger partial charge in [-0.25, -0.2) is 0 Å². The van der Waals surface area contributed by atoms with Crippen LogP contribution in [0.25, 0.3) is 0 Å². The van der Waals surface area contributed by atoms with E-state index in [-0.39, 0.29) is 18.1 Å². The van der Waals surface area contributed by atoms with Crippen molar-refractivity contribution in [2.45, 2.75) is 19.5 Å². The van der Waals surface area contributed by atoms with Gasteiger partial charge in [-0.15, -0.1) is 0 Å². The van der Waals surface area contributed by atoms with Crippen LogP contribution >= 0.6 is 0 Å². The van der Waals surface area contributed by atoms with Gasteiger partial charge in [0.05, 0.1) is 6.42 Å². The Kier molecular flexibility index (Phi) is 7.35. The first-order valence-corrected chi connectivity index (χ1v) is 8.14. The predicted octanol–water partition coefficient (Wildman–Crippen LogP) is 2.86. The molecule has 0 spiro atoms. The van der Waals surface area contributed by atoms with Crippen molar-refractivity contribution in [1.82, 2.24) is 4.90 Å². The Balaban J connectivity index is 2.02. The summed E-state index contributed by atoms with van der Waals surface area (Å²) in [5.41, 5.74) is 7.17. The molecule has 1 amide bonds. The lowest BCUT2D eigenvalue weighted by molar-refractivity contribution is -0.130. The highest BCUT2D eigenvalue weighted by Crippen LogP contribution is 2.21. The number of carbonyl (C=O) groups is 1. The van der Waals surface area contributed by atoms with Crippen LogP contribution in [0.1, 0.15) is 11.1 Å². The fourth-order valence-electron chi connectivity index (χ4n) is 2.56. The van der Waals surface area contributed by atoms with E-state index in [4.69, 9.17) is 5.73 Å². The summed E-state index contributed by atoms with van der Waals surface area (Å²) in [7, 11) is 0. The van der Waals surface area contributed by atoms with Gasteiger partial charge in [-0.2, -0.15) is 8.78 Å². The Morgan fingerprint density at radius 1 is 1.04 bits per heavy atom. The van der Waals surface area contributed by atoms with Gasteiger partial charge >= 0.3 is 6.61 Å². The Labute approximate surface area is 146 Å². The van der Waals surface area contributed by atoms with E-state index in [0.29, 0.717) is 31.6 Å². The van der Waals surface area contributed by atoms with Crippen LogP contribution in [0.3, 0.4) is 0 Å². The first-order chi connectivity index (χ1) is 12.1. The molecule has 2 N–H and O–H groups in total. The van der Waals surface area contributed by atoms with Gasteiger partial charge in [0.25, 0.3) is 0 Å². The number of benzene rings is 2. The molecule has 25 heavy (non-hydrogen) atoms. The van der Waals surface area contributed by atoms with Gasteiger partial charge in [-0.05, 0) is 18.1 Å². The van der Waals surface area contributed by atoms with Crippen LogP contribution in [-0.4, -0.2) is 37.1 Å². The molecule has 0 aliphatic rings. The molecule has 0 heterocycles. The van der Waals surface area contributed by atoms with Crippen LogP contribution in [0, 0.1) is 0 Å². The van der Waals surface area contributed by atoms with Crippen molar-refractivity contribution in [1.29, 1.82) is 0 Å². The lowest BCUT2D eigenvalue weighted by atomic mass is 10.1. The lowest BCUT2D eigenvalue weighted by Crippen LogP contribution is -2.38. The van der Waals surface area contributed by atoms with Crippen molar-refractivity contribution in [3.05, 3.63) is 65.7 Å². The standard InChI is InChI=1S/C19H22F2N2O2/c20-19(21)25-17-9-5-4-8-16(17)14-18(24)23(13-11-22)12-10-15-6-2-1-3-7-15/h1-9,19H,10-14,22H2. The van der Waals surface area contributed by atoms with Crippen molar-refractivity contribution in [3.8, 4) is 5.75 Å². The van der Waals surface area contributed by atoms with Crippen LogP contribution in [0.2, 0.25) is 0 Å². The molecule has 0 radical (unpaired) electrons. The molecule has 0 aliphatic heterocycles. The largest absolute Gasteiger partial charge is 0.435 e. The van der Waals surface area contributed by atoms with Gasteiger partial charge in [0.2, 0.25) is 5.91 Å². The zero-order valence-corrected chi connectivity index (χ0v) is 13.9. The second-order valence-corrected chi connectivity index (χ2v) is 5.57. The smallest absolute Gasteiger partial charge is 0.387 e. The number of amides is 1. The molecule has 0 saturated carbocycles. The third kappa shape index (κ3) is 6.15. The third-order valence-electron chi connectivity index (χ3n) is 3.80. The monoisotopic (exact) mass is 348 g/mol. The second kappa shape index (κ2) is 9.74. The summed E-state index contributed by atoms with van der Waals surface area (Å²) in [6.07, 6.45) is 0.708. The molecule has 2 rings (SSSR count). The Hall–Kier alpha value is -2.47. The fourth-order valence-corrected chi connectivity index (χ4v) is 2.56. The summed E-state index contributed by atoms with van der Waals surface area (Å²) < 4.78 is 29.5. The number of rotatable bonds is 9. The third-order valence-corrected chi connectivity index (χ3v) is 3.80. The highest BCUT2D eigenvalue weighted by molar-refractivity contribution is 5.79. The van der Waals surface area contributed by atoms with E-state index < -0.39 is 6.61 Å². The van der Waals surface area contributed by atoms with Gasteiger partial charge in [-0.3, -0.25) is 4.79 Å². The van der Waals surface area contributed by atoms with E-state index in [0.717, 1.165) is 5.56 Å². The Morgan fingerprint density at radius 2 is 1.72 bits per heavy atom. The van der Waals surface area contributed by atoms with E-state index in [1.807, 2.05) is 30.3 Å². The number of alkyl halides is 2. The van der Waals surface area contributed by atoms with Crippen LogP contribution in [-0.2, 0) is 17.6 Å². The molecule has 0 fully saturated rings. The fraction of sp³-hybridized carbons (Fsp3) is 0.316. The maximum Gasteiger partial charge on any atom is 0.387 e. The summed E-state index contributed by atoms with van der Waals surface area (Å²) in [5, 5.41) is 0. The number of carbonyl (C=O) groups excluding carboxylic acids is 1. The average molecular weight is 348 g/mol. The highest BCUT2D eigenvalue weighted by Gasteiger charge is 2.17. The molecule has 4 nitrogen and oxygen atoms in total. The van der Waals surface area contributed by atoms with Gasteiger partial charge in [0.15, 0.2) is 0 Å². The number of ether oxygens (including phenoxy) is 1. The summed E-state index contributed by atoms with van der Waals surface area (Å²) >= 11 is 0. The van der Waals surface area contributed by atoms with Crippen molar-refractivity contribution < 1.29 is 18.3 Å². The average Bonchev–Trinajstić information content (AvgIpc) is 2.60. The zero-order chi connectivity index (χ0) is 18.1. The van der Waals surface area contributed by atoms with E-state index >= 15 is 0 Å². The molecular formula is C19H22F2N2O2. The molecule has 2 aromatic carbocycles. The van der Waals surface area contributed by atoms with Crippen LogP contribution in [0.5, 0.6) is 5.75 Å². The van der Waals surface area contributed by atoms with Gasteiger partial charge in [0, 0.05) is 25.2 Å². The number of hydrogen-bond acceptors (Lipinski definition) is 3. The number of hydrogen-bond donors (Lipinski definition) is 1. The highest BCUT2D eigenvalue weighted by atomic mass is 19.3. The van der Waals surface area contributed by atoms with Crippen molar-refractivity contribution in [2.24, 2.45) is 5.73 Å². The summed E-state index contributed by atoms with van der Waals surface area (Å²) in [6, 6.07) is 16.2. The molecule has 0 bridgehead atoms. The van der Waals surface area contributed by atoms with E-state index in [1.54, 1.807) is 23.1 Å². The van der Waals surface area contributed by atoms with Crippen molar-refractivity contribution in [2.75, 3.05) is 19.6 Å².